The van der Waals surface area contributed by atoms with Crippen molar-refractivity contribution in [2.75, 3.05) is 5.73 Å². The second kappa shape index (κ2) is 5.82. The smallest absolute Gasteiger partial charge is 0.0393 e. The van der Waals surface area contributed by atoms with E-state index >= 15 is 0 Å². The number of para-hydroxylation sites is 1. The monoisotopic (exact) mass is 375 g/mol. The largest absolute Gasteiger partial charge is 0.398 e. The van der Waals surface area contributed by atoms with Gasteiger partial charge in [0.25, 0.3) is 0 Å². The first-order valence-electron chi connectivity index (χ1n) is 9.42. The van der Waals surface area contributed by atoms with Crippen molar-refractivity contribution in [2.45, 2.75) is 0 Å². The Hall–Kier alpha value is -3.36. The van der Waals surface area contributed by atoms with E-state index in [0.717, 1.165) is 11.3 Å². The number of hydrogen-bond donors (Lipinski definition) is 1. The van der Waals surface area contributed by atoms with Crippen molar-refractivity contribution < 1.29 is 0 Å². The molecular formula is C26H17NS. The molecule has 0 aliphatic carbocycles. The quantitative estimate of drug-likeness (QED) is 0.232. The summed E-state index contributed by atoms with van der Waals surface area (Å²) in [7, 11) is 0. The van der Waals surface area contributed by atoms with Crippen LogP contribution in [0.15, 0.2) is 91.0 Å². The molecule has 0 amide bonds. The van der Waals surface area contributed by atoms with E-state index in [9.17, 15) is 0 Å². The number of benzene rings is 5. The van der Waals surface area contributed by atoms with E-state index in [1.54, 1.807) is 0 Å². The van der Waals surface area contributed by atoms with Crippen molar-refractivity contribution >= 4 is 58.7 Å². The number of fused-ring (bicyclic) bond motifs is 7. The summed E-state index contributed by atoms with van der Waals surface area (Å²) in [5, 5.41) is 7.83. The third-order valence-corrected chi connectivity index (χ3v) is 6.75. The van der Waals surface area contributed by atoms with Gasteiger partial charge in [-0.05, 0) is 51.4 Å². The van der Waals surface area contributed by atoms with E-state index in [0.29, 0.717) is 0 Å². The molecule has 2 N–H and O–H groups in total. The van der Waals surface area contributed by atoms with Crippen molar-refractivity contribution in [1.82, 2.24) is 0 Å². The Morgan fingerprint density at radius 1 is 0.536 bits per heavy atom. The zero-order valence-electron chi connectivity index (χ0n) is 15.1. The van der Waals surface area contributed by atoms with Crippen LogP contribution >= 0.6 is 11.3 Å². The molecule has 28 heavy (non-hydrogen) atoms. The number of anilines is 1. The first-order chi connectivity index (χ1) is 13.8. The fourth-order valence-corrected chi connectivity index (χ4v) is 5.49. The molecule has 0 saturated carbocycles. The minimum absolute atomic E-state index is 0.814. The number of hydrogen-bond acceptors (Lipinski definition) is 2. The van der Waals surface area contributed by atoms with Crippen LogP contribution in [0.2, 0.25) is 0 Å². The lowest BCUT2D eigenvalue weighted by Gasteiger charge is -2.13. The van der Waals surface area contributed by atoms with E-state index < -0.39 is 0 Å². The Balaban J connectivity index is 1.87. The normalized spacial score (nSPS) is 11.7. The van der Waals surface area contributed by atoms with Gasteiger partial charge in [-0.1, -0.05) is 66.7 Å². The summed E-state index contributed by atoms with van der Waals surface area (Å²) in [6.45, 7) is 0. The molecule has 0 unspecified atom stereocenters. The average molecular weight is 375 g/mol. The highest BCUT2D eigenvalue weighted by molar-refractivity contribution is 7.26. The molecule has 2 heteroatoms. The van der Waals surface area contributed by atoms with Crippen LogP contribution in [0.25, 0.3) is 52.8 Å². The van der Waals surface area contributed by atoms with Crippen LogP contribution in [-0.4, -0.2) is 0 Å². The van der Waals surface area contributed by atoms with Gasteiger partial charge in [0.05, 0.1) is 0 Å². The van der Waals surface area contributed by atoms with Gasteiger partial charge in [0.2, 0.25) is 0 Å². The van der Waals surface area contributed by atoms with Crippen LogP contribution in [0, 0.1) is 0 Å². The van der Waals surface area contributed by atoms with Crippen LogP contribution in [0.1, 0.15) is 0 Å². The fraction of sp³-hybridized carbons (Fsp3) is 0. The summed E-state index contributed by atoms with van der Waals surface area (Å²) >= 11 is 1.87. The lowest BCUT2D eigenvalue weighted by molar-refractivity contribution is 1.65. The Morgan fingerprint density at radius 3 is 2.11 bits per heavy atom. The van der Waals surface area contributed by atoms with Crippen LogP contribution in [0.4, 0.5) is 5.69 Å². The molecule has 5 aromatic carbocycles. The van der Waals surface area contributed by atoms with E-state index in [2.05, 4.69) is 78.9 Å². The molecule has 0 spiro atoms. The molecule has 0 aliphatic heterocycles. The van der Waals surface area contributed by atoms with Crippen molar-refractivity contribution in [3.8, 4) is 11.1 Å². The molecule has 1 nitrogen and oxygen atoms in total. The SMILES string of the molecule is Nc1ccccc1-c1cc2ccc3sc4ccccc4c3c2c2ccccc12. The van der Waals surface area contributed by atoms with E-state index in [4.69, 9.17) is 5.73 Å². The zero-order valence-corrected chi connectivity index (χ0v) is 16.0. The highest BCUT2D eigenvalue weighted by Crippen LogP contribution is 2.44. The Kier molecular flexibility index (Phi) is 3.26. The van der Waals surface area contributed by atoms with Crippen molar-refractivity contribution in [3.05, 3.63) is 91.0 Å². The highest BCUT2D eigenvalue weighted by Gasteiger charge is 2.15. The van der Waals surface area contributed by atoms with E-state index in [1.807, 2.05) is 23.5 Å². The number of nitrogens with two attached hydrogens (primary N) is 1. The molecule has 0 fully saturated rings. The summed E-state index contributed by atoms with van der Waals surface area (Å²) in [4.78, 5) is 0. The lowest BCUT2D eigenvalue weighted by atomic mass is 9.91. The summed E-state index contributed by atoms with van der Waals surface area (Å²) in [5.41, 5.74) is 9.44. The van der Waals surface area contributed by atoms with Gasteiger partial charge >= 0.3 is 0 Å². The summed E-state index contributed by atoms with van der Waals surface area (Å²) in [5.74, 6) is 0. The second-order valence-electron chi connectivity index (χ2n) is 7.19. The maximum absolute atomic E-state index is 6.34. The molecule has 1 heterocycles. The number of rotatable bonds is 1. The third-order valence-electron chi connectivity index (χ3n) is 5.61. The molecular weight excluding hydrogens is 358 g/mol. The fourth-order valence-electron chi connectivity index (χ4n) is 4.38. The Bertz CT molecular complexity index is 1520. The minimum atomic E-state index is 0.814. The van der Waals surface area contributed by atoms with Gasteiger partial charge in [-0.15, -0.1) is 11.3 Å². The average Bonchev–Trinajstić information content (AvgIpc) is 3.12. The van der Waals surface area contributed by atoms with E-state index in [1.165, 1.54) is 47.3 Å². The Labute approximate surface area is 166 Å². The molecule has 1 aromatic heterocycles. The molecule has 0 aliphatic rings. The first kappa shape index (κ1) is 15.7. The predicted octanol–water partition coefficient (Wildman–Crippen LogP) is 7.61. The standard InChI is InChI=1S/C26H17NS/c27-22-11-5-3-8-18(22)21-15-16-13-14-24-26(20-10-4-6-12-23(20)28-24)25(16)19-9-2-1-7-17(19)21/h1-15H,27H2. The van der Waals surface area contributed by atoms with Crippen molar-refractivity contribution in [3.63, 3.8) is 0 Å². The maximum Gasteiger partial charge on any atom is 0.0393 e. The van der Waals surface area contributed by atoms with E-state index in [-0.39, 0.29) is 0 Å². The van der Waals surface area contributed by atoms with Gasteiger partial charge in [-0.3, -0.25) is 0 Å². The van der Waals surface area contributed by atoms with Crippen molar-refractivity contribution in [2.24, 2.45) is 0 Å². The number of nitrogen functional groups attached to an aromatic ring is 1. The first-order valence-corrected chi connectivity index (χ1v) is 10.2. The lowest BCUT2D eigenvalue weighted by Crippen LogP contribution is -1.91. The highest BCUT2D eigenvalue weighted by atomic mass is 32.1. The minimum Gasteiger partial charge on any atom is -0.398 e. The molecule has 0 radical (unpaired) electrons. The van der Waals surface area contributed by atoms with Gasteiger partial charge in [0.15, 0.2) is 0 Å². The zero-order chi connectivity index (χ0) is 18.7. The van der Waals surface area contributed by atoms with Gasteiger partial charge < -0.3 is 5.73 Å². The summed E-state index contributed by atoms with van der Waals surface area (Å²) in [6, 6.07) is 32.4. The second-order valence-corrected chi connectivity index (χ2v) is 8.28. The number of thiophene rings is 1. The summed E-state index contributed by atoms with van der Waals surface area (Å²) in [6.07, 6.45) is 0. The van der Waals surface area contributed by atoms with Gasteiger partial charge in [0.1, 0.15) is 0 Å². The van der Waals surface area contributed by atoms with Crippen LogP contribution in [-0.2, 0) is 0 Å². The predicted molar refractivity (Wildman–Crippen MR) is 124 cm³/mol. The van der Waals surface area contributed by atoms with Crippen LogP contribution in [0.3, 0.4) is 0 Å². The van der Waals surface area contributed by atoms with Gasteiger partial charge in [-0.25, -0.2) is 0 Å². The maximum atomic E-state index is 6.34. The molecule has 0 bridgehead atoms. The molecule has 6 aromatic rings. The molecule has 0 atom stereocenters. The van der Waals surface area contributed by atoms with Gasteiger partial charge in [0, 0.05) is 31.4 Å². The Morgan fingerprint density at radius 2 is 1.25 bits per heavy atom. The van der Waals surface area contributed by atoms with Crippen LogP contribution < -0.4 is 5.73 Å². The molecule has 6 rings (SSSR count). The molecule has 132 valence electrons. The molecule has 0 saturated heterocycles. The summed E-state index contributed by atoms with van der Waals surface area (Å²) < 4.78 is 2.68. The third kappa shape index (κ3) is 2.12. The van der Waals surface area contributed by atoms with Crippen LogP contribution in [0.5, 0.6) is 0 Å². The van der Waals surface area contributed by atoms with Crippen molar-refractivity contribution in [1.29, 1.82) is 0 Å². The van der Waals surface area contributed by atoms with Gasteiger partial charge in [-0.2, -0.15) is 0 Å². The topological polar surface area (TPSA) is 26.0 Å².